The Hall–Kier alpha value is -3.15. The maximum atomic E-state index is 13.4. The summed E-state index contributed by atoms with van der Waals surface area (Å²) in [6.45, 7) is 2.58. The summed E-state index contributed by atoms with van der Waals surface area (Å²) in [6, 6.07) is 12.7. The molecular weight excluding hydrogens is 333 g/mol. The topological polar surface area (TPSA) is 69.2 Å². The van der Waals surface area contributed by atoms with Crippen LogP contribution in [0.3, 0.4) is 0 Å². The highest BCUT2D eigenvalue weighted by atomic mass is 19.1. The molecular formula is C20H18FN3O2. The number of hydrogen-bond acceptors (Lipinski definition) is 3. The Kier molecular flexibility index (Phi) is 3.95. The lowest BCUT2D eigenvalue weighted by molar-refractivity contribution is 0.0744. The number of carbonyl (C=O) groups excluding carboxylic acids is 1. The smallest absolute Gasteiger partial charge is 0.273 e. The number of aromatic amines is 1. The first-order valence-electron chi connectivity index (χ1n) is 8.55. The number of fused-ring (bicyclic) bond motifs is 1. The van der Waals surface area contributed by atoms with Gasteiger partial charge in [-0.05, 0) is 36.2 Å². The van der Waals surface area contributed by atoms with Crippen LogP contribution in [0.2, 0.25) is 0 Å². The third kappa shape index (κ3) is 2.45. The lowest BCUT2D eigenvalue weighted by Crippen LogP contribution is -2.30. The highest BCUT2D eigenvalue weighted by molar-refractivity contribution is 6.00. The Morgan fingerprint density at radius 1 is 1.19 bits per heavy atom. The van der Waals surface area contributed by atoms with Crippen molar-refractivity contribution in [1.29, 1.82) is 0 Å². The van der Waals surface area contributed by atoms with Gasteiger partial charge in [-0.2, -0.15) is 5.10 Å². The van der Waals surface area contributed by atoms with Gasteiger partial charge in [0.05, 0.1) is 6.04 Å². The van der Waals surface area contributed by atoms with Gasteiger partial charge in [0, 0.05) is 17.7 Å². The molecule has 0 fully saturated rings. The zero-order valence-corrected chi connectivity index (χ0v) is 14.2. The molecule has 26 heavy (non-hydrogen) atoms. The normalized spacial score (nSPS) is 16.2. The fourth-order valence-electron chi connectivity index (χ4n) is 3.54. The standard InChI is InChI=1S/C20H18FN3O2/c1-2-11-24-19(12-7-9-13(21)10-8-12)16-17(22-23-18(16)20(24)26)14-5-3-4-6-15(14)25/h3-10,19,25H,2,11H2,1H3,(H,22,23)/t19-/m1/s1. The number of nitrogens with zero attached hydrogens (tertiary/aromatic N) is 2. The van der Waals surface area contributed by atoms with Crippen LogP contribution in [0.4, 0.5) is 4.39 Å². The van der Waals surface area contributed by atoms with Crippen LogP contribution in [0.25, 0.3) is 11.3 Å². The van der Waals surface area contributed by atoms with Crippen molar-refractivity contribution in [1.82, 2.24) is 15.1 Å². The molecule has 0 unspecified atom stereocenters. The van der Waals surface area contributed by atoms with Gasteiger partial charge in [-0.1, -0.05) is 31.2 Å². The van der Waals surface area contributed by atoms with E-state index in [4.69, 9.17) is 0 Å². The van der Waals surface area contributed by atoms with Gasteiger partial charge >= 0.3 is 0 Å². The minimum Gasteiger partial charge on any atom is -0.507 e. The van der Waals surface area contributed by atoms with E-state index < -0.39 is 0 Å². The Morgan fingerprint density at radius 3 is 2.62 bits per heavy atom. The number of benzene rings is 2. The van der Waals surface area contributed by atoms with Crippen LogP contribution in [-0.4, -0.2) is 32.7 Å². The van der Waals surface area contributed by atoms with E-state index in [-0.39, 0.29) is 23.5 Å². The van der Waals surface area contributed by atoms with Gasteiger partial charge in [0.2, 0.25) is 0 Å². The maximum Gasteiger partial charge on any atom is 0.273 e. The van der Waals surface area contributed by atoms with E-state index in [1.165, 1.54) is 12.1 Å². The molecule has 0 radical (unpaired) electrons. The summed E-state index contributed by atoms with van der Waals surface area (Å²) in [4.78, 5) is 14.6. The van der Waals surface area contributed by atoms with Gasteiger partial charge in [-0.25, -0.2) is 4.39 Å². The molecule has 2 aromatic carbocycles. The number of amides is 1. The van der Waals surface area contributed by atoms with E-state index in [1.54, 1.807) is 35.2 Å². The SMILES string of the molecule is CCCN1C(=O)c2[nH]nc(-c3ccccc3O)c2[C@H]1c1ccc(F)cc1. The second-order valence-corrected chi connectivity index (χ2v) is 6.33. The Labute approximate surface area is 150 Å². The number of nitrogens with one attached hydrogen (secondary N) is 1. The summed E-state index contributed by atoms with van der Waals surface area (Å²) in [5.74, 6) is -0.361. The number of H-pyrrole nitrogens is 1. The van der Waals surface area contributed by atoms with Gasteiger partial charge in [0.25, 0.3) is 5.91 Å². The van der Waals surface area contributed by atoms with Gasteiger partial charge in [0.1, 0.15) is 23.0 Å². The second kappa shape index (κ2) is 6.29. The zero-order chi connectivity index (χ0) is 18.3. The lowest BCUT2D eigenvalue weighted by Gasteiger charge is -2.26. The van der Waals surface area contributed by atoms with Crippen molar-refractivity contribution < 1.29 is 14.3 Å². The predicted octanol–water partition coefficient (Wildman–Crippen LogP) is 3.88. The van der Waals surface area contributed by atoms with Crippen LogP contribution in [0.1, 0.15) is 41.0 Å². The summed E-state index contributed by atoms with van der Waals surface area (Å²) in [7, 11) is 0. The van der Waals surface area contributed by atoms with Crippen LogP contribution >= 0.6 is 0 Å². The molecule has 1 aliphatic rings. The third-order valence-corrected chi connectivity index (χ3v) is 4.67. The van der Waals surface area contributed by atoms with E-state index >= 15 is 0 Å². The number of phenols is 1. The minimum absolute atomic E-state index is 0.0982. The van der Waals surface area contributed by atoms with Crippen LogP contribution in [0.15, 0.2) is 48.5 Å². The molecule has 0 spiro atoms. The average molecular weight is 351 g/mol. The molecule has 3 aromatic rings. The Morgan fingerprint density at radius 2 is 1.92 bits per heavy atom. The molecule has 1 atom stereocenters. The summed E-state index contributed by atoms with van der Waals surface area (Å²) in [6.07, 6.45) is 0.799. The molecule has 2 heterocycles. The summed E-state index contributed by atoms with van der Waals surface area (Å²) in [5, 5.41) is 17.4. The molecule has 0 saturated carbocycles. The molecule has 1 amide bonds. The van der Waals surface area contributed by atoms with Gasteiger partial charge in [-0.3, -0.25) is 9.89 Å². The quantitative estimate of drug-likeness (QED) is 0.749. The van der Waals surface area contributed by atoms with Gasteiger partial charge in [-0.15, -0.1) is 0 Å². The van der Waals surface area contributed by atoms with Crippen molar-refractivity contribution in [2.24, 2.45) is 0 Å². The summed E-state index contributed by atoms with van der Waals surface area (Å²) >= 11 is 0. The molecule has 1 aliphatic heterocycles. The van der Waals surface area contributed by atoms with Gasteiger partial charge in [0.15, 0.2) is 0 Å². The van der Waals surface area contributed by atoms with E-state index in [2.05, 4.69) is 10.2 Å². The molecule has 0 aliphatic carbocycles. The van der Waals surface area contributed by atoms with Crippen molar-refractivity contribution in [2.45, 2.75) is 19.4 Å². The van der Waals surface area contributed by atoms with Crippen molar-refractivity contribution in [3.8, 4) is 17.0 Å². The molecule has 5 nitrogen and oxygen atoms in total. The highest BCUT2D eigenvalue weighted by Gasteiger charge is 2.41. The highest BCUT2D eigenvalue weighted by Crippen LogP contribution is 2.44. The Balaban J connectivity index is 1.91. The number of aromatic hydroxyl groups is 1. The first kappa shape index (κ1) is 16.3. The first-order chi connectivity index (χ1) is 12.6. The Bertz CT molecular complexity index is 965. The molecule has 4 rings (SSSR count). The molecule has 132 valence electrons. The van der Waals surface area contributed by atoms with Crippen LogP contribution < -0.4 is 0 Å². The van der Waals surface area contributed by atoms with E-state index in [9.17, 15) is 14.3 Å². The van der Waals surface area contributed by atoms with Crippen LogP contribution in [-0.2, 0) is 0 Å². The third-order valence-electron chi connectivity index (χ3n) is 4.67. The molecule has 0 saturated heterocycles. The van der Waals surface area contributed by atoms with Gasteiger partial charge < -0.3 is 10.0 Å². The van der Waals surface area contributed by atoms with E-state index in [1.807, 2.05) is 13.0 Å². The number of carbonyl (C=O) groups is 1. The maximum absolute atomic E-state index is 13.4. The number of phenolic OH excluding ortho intramolecular Hbond substituents is 1. The number of halogens is 1. The van der Waals surface area contributed by atoms with Crippen molar-refractivity contribution >= 4 is 5.91 Å². The lowest BCUT2D eigenvalue weighted by atomic mass is 9.95. The monoisotopic (exact) mass is 351 g/mol. The minimum atomic E-state index is -0.369. The number of rotatable bonds is 4. The molecule has 1 aromatic heterocycles. The zero-order valence-electron chi connectivity index (χ0n) is 14.2. The predicted molar refractivity (Wildman–Crippen MR) is 95.3 cm³/mol. The number of para-hydroxylation sites is 1. The van der Waals surface area contributed by atoms with Crippen LogP contribution in [0.5, 0.6) is 5.75 Å². The average Bonchev–Trinajstić information content (AvgIpc) is 3.17. The second-order valence-electron chi connectivity index (χ2n) is 6.33. The van der Waals surface area contributed by atoms with Crippen molar-refractivity contribution in [3.63, 3.8) is 0 Å². The fourth-order valence-corrected chi connectivity index (χ4v) is 3.54. The van der Waals surface area contributed by atoms with Crippen LogP contribution in [0, 0.1) is 5.82 Å². The van der Waals surface area contributed by atoms with E-state index in [0.717, 1.165) is 17.5 Å². The molecule has 0 bridgehead atoms. The first-order valence-corrected chi connectivity index (χ1v) is 8.55. The van der Waals surface area contributed by atoms with E-state index in [0.29, 0.717) is 23.5 Å². The fraction of sp³-hybridized carbons (Fsp3) is 0.200. The largest absolute Gasteiger partial charge is 0.507 e. The van der Waals surface area contributed by atoms with Crippen molar-refractivity contribution in [3.05, 3.63) is 71.2 Å². The summed E-state index contributed by atoms with van der Waals surface area (Å²) in [5.41, 5.74) is 3.05. The van der Waals surface area contributed by atoms with Crippen molar-refractivity contribution in [2.75, 3.05) is 6.54 Å². The summed E-state index contributed by atoms with van der Waals surface area (Å²) < 4.78 is 13.4. The number of hydrogen-bond donors (Lipinski definition) is 2. The molecule has 2 N–H and O–H groups in total. The molecule has 6 heteroatoms. The number of aromatic nitrogens is 2.